The van der Waals surface area contributed by atoms with Gasteiger partial charge in [-0.1, -0.05) is 0 Å². The predicted molar refractivity (Wildman–Crippen MR) is 94.0 cm³/mol. The van der Waals surface area contributed by atoms with Crippen LogP contribution in [-0.4, -0.2) is 65.8 Å². The van der Waals surface area contributed by atoms with Gasteiger partial charge in [-0.05, 0) is 26.0 Å². The third-order valence-electron chi connectivity index (χ3n) is 4.45. The Morgan fingerprint density at radius 3 is 2.37 bits per heavy atom. The van der Waals surface area contributed by atoms with Crippen LogP contribution in [0.4, 0.5) is 0 Å². The van der Waals surface area contributed by atoms with Crippen LogP contribution in [0, 0.1) is 13.8 Å². The fraction of sp³-hybridized carbons (Fsp3) is 0.353. The zero-order chi connectivity index (χ0) is 19.8. The molecule has 9 nitrogen and oxygen atoms in total. The van der Waals surface area contributed by atoms with Crippen molar-refractivity contribution in [3.63, 3.8) is 0 Å². The summed E-state index contributed by atoms with van der Waals surface area (Å²) in [6, 6.07) is 3.31. The van der Waals surface area contributed by atoms with Crippen LogP contribution >= 0.6 is 0 Å². The summed E-state index contributed by atoms with van der Waals surface area (Å²) in [5.74, 6) is -1.49. The number of carboxylic acids is 1. The van der Waals surface area contributed by atoms with Gasteiger partial charge in [-0.25, -0.2) is 13.2 Å². The molecule has 0 unspecified atom stereocenters. The first kappa shape index (κ1) is 19.1. The van der Waals surface area contributed by atoms with E-state index in [2.05, 4.69) is 4.98 Å². The average Bonchev–Trinajstić information content (AvgIpc) is 2.97. The zero-order valence-corrected chi connectivity index (χ0v) is 15.7. The van der Waals surface area contributed by atoms with E-state index in [1.165, 1.54) is 24.3 Å². The number of aromatic carboxylic acids is 1. The number of nitrogens with zero attached hydrogens (tertiary/aromatic N) is 3. The maximum Gasteiger partial charge on any atom is 0.340 e. The smallest absolute Gasteiger partial charge is 0.340 e. The van der Waals surface area contributed by atoms with Crippen LogP contribution in [0.1, 0.15) is 32.2 Å². The summed E-state index contributed by atoms with van der Waals surface area (Å²) in [7, 11) is -4.05. The van der Waals surface area contributed by atoms with Crippen LogP contribution in [0.15, 0.2) is 33.8 Å². The maximum absolute atomic E-state index is 13.0. The third-order valence-corrected chi connectivity index (χ3v) is 6.50. The third kappa shape index (κ3) is 3.45. The Labute approximate surface area is 156 Å². The molecule has 1 amide bonds. The number of amides is 1. The number of rotatable bonds is 4. The molecule has 1 aliphatic rings. The van der Waals surface area contributed by atoms with Gasteiger partial charge in [0, 0.05) is 38.6 Å². The fourth-order valence-electron chi connectivity index (χ4n) is 3.15. The van der Waals surface area contributed by atoms with Gasteiger partial charge in [-0.2, -0.15) is 4.31 Å². The van der Waals surface area contributed by atoms with E-state index >= 15 is 0 Å². The van der Waals surface area contributed by atoms with Crippen molar-refractivity contribution in [1.29, 1.82) is 0 Å². The Hall–Kier alpha value is -2.72. The summed E-state index contributed by atoms with van der Waals surface area (Å²) in [6.07, 6.45) is 3.03. The maximum atomic E-state index is 13.0. The van der Waals surface area contributed by atoms with Crippen molar-refractivity contribution in [3.8, 4) is 0 Å². The highest BCUT2D eigenvalue weighted by molar-refractivity contribution is 7.89. The molecule has 0 spiro atoms. The lowest BCUT2D eigenvalue weighted by Gasteiger charge is -2.34. The topological polar surface area (TPSA) is 121 Å². The zero-order valence-electron chi connectivity index (χ0n) is 14.9. The monoisotopic (exact) mass is 393 g/mol. The van der Waals surface area contributed by atoms with Gasteiger partial charge in [-0.3, -0.25) is 9.78 Å². The highest BCUT2D eigenvalue weighted by Gasteiger charge is 2.37. The molecule has 1 saturated heterocycles. The Morgan fingerprint density at radius 2 is 1.81 bits per heavy atom. The molecular weight excluding hydrogens is 374 g/mol. The fourth-order valence-corrected chi connectivity index (χ4v) is 4.95. The van der Waals surface area contributed by atoms with Crippen molar-refractivity contribution in [2.45, 2.75) is 18.7 Å². The van der Waals surface area contributed by atoms with E-state index in [4.69, 9.17) is 4.42 Å². The minimum Gasteiger partial charge on any atom is -0.478 e. The van der Waals surface area contributed by atoms with Crippen LogP contribution in [0.25, 0.3) is 0 Å². The van der Waals surface area contributed by atoms with Crippen LogP contribution in [0.5, 0.6) is 0 Å². The summed E-state index contributed by atoms with van der Waals surface area (Å²) in [6.45, 7) is 3.37. The van der Waals surface area contributed by atoms with E-state index in [0.717, 1.165) is 0 Å². The first-order valence-electron chi connectivity index (χ1n) is 8.26. The van der Waals surface area contributed by atoms with E-state index < -0.39 is 16.0 Å². The van der Waals surface area contributed by atoms with Crippen LogP contribution in [0.3, 0.4) is 0 Å². The number of hydrogen-bond donors (Lipinski definition) is 1. The molecule has 10 heteroatoms. The minimum absolute atomic E-state index is 0.0405. The summed E-state index contributed by atoms with van der Waals surface area (Å²) in [5.41, 5.74) is 0.0876. The molecular formula is C17H19N3O6S. The Bertz CT molecular complexity index is 976. The lowest BCUT2D eigenvalue weighted by molar-refractivity contribution is 0.0689. The number of furan rings is 1. The molecule has 2 aromatic rings. The van der Waals surface area contributed by atoms with Gasteiger partial charge < -0.3 is 14.4 Å². The molecule has 0 saturated carbocycles. The summed E-state index contributed by atoms with van der Waals surface area (Å²) < 4.78 is 32.4. The number of piperazine rings is 1. The van der Waals surface area contributed by atoms with E-state index in [1.807, 2.05) is 0 Å². The quantitative estimate of drug-likeness (QED) is 0.826. The molecule has 1 fully saturated rings. The number of aryl methyl sites for hydroxylation is 2. The Balaban J connectivity index is 1.80. The molecule has 0 aliphatic carbocycles. The molecule has 1 N–H and O–H groups in total. The van der Waals surface area contributed by atoms with Gasteiger partial charge in [0.25, 0.3) is 5.91 Å². The summed E-state index contributed by atoms with van der Waals surface area (Å²) in [5, 5.41) is 9.36. The average molecular weight is 393 g/mol. The molecule has 144 valence electrons. The van der Waals surface area contributed by atoms with E-state index in [9.17, 15) is 23.1 Å². The second-order valence-electron chi connectivity index (χ2n) is 6.16. The highest BCUT2D eigenvalue weighted by Crippen LogP contribution is 2.30. The molecule has 0 aromatic carbocycles. The Morgan fingerprint density at radius 1 is 1.15 bits per heavy atom. The molecule has 27 heavy (non-hydrogen) atoms. The molecule has 3 rings (SSSR count). The van der Waals surface area contributed by atoms with E-state index in [0.29, 0.717) is 5.56 Å². The second kappa shape index (κ2) is 7.12. The van der Waals surface area contributed by atoms with Crippen molar-refractivity contribution in [2.75, 3.05) is 26.2 Å². The first-order chi connectivity index (χ1) is 12.7. The molecule has 2 aromatic heterocycles. The molecule has 1 aliphatic heterocycles. The molecule has 0 bridgehead atoms. The van der Waals surface area contributed by atoms with Gasteiger partial charge in [-0.15, -0.1) is 0 Å². The number of hydrogen-bond acceptors (Lipinski definition) is 6. The molecule has 0 atom stereocenters. The van der Waals surface area contributed by atoms with Crippen molar-refractivity contribution < 1.29 is 27.5 Å². The summed E-state index contributed by atoms with van der Waals surface area (Å²) in [4.78, 5) is 29.1. The normalized spacial score (nSPS) is 15.7. The van der Waals surface area contributed by atoms with Crippen molar-refractivity contribution in [1.82, 2.24) is 14.2 Å². The van der Waals surface area contributed by atoms with E-state index in [1.54, 1.807) is 23.2 Å². The SMILES string of the molecule is Cc1oc(C)c(S(=O)(=O)N2CCN(C(=O)c3cccnc3)CC2)c1C(=O)O. The summed E-state index contributed by atoms with van der Waals surface area (Å²) >= 11 is 0. The van der Waals surface area contributed by atoms with Crippen molar-refractivity contribution in [3.05, 3.63) is 47.2 Å². The first-order valence-corrected chi connectivity index (χ1v) is 9.70. The number of aromatic nitrogens is 1. The molecule has 3 heterocycles. The Kier molecular flexibility index (Phi) is 5.03. The number of carbonyl (C=O) groups is 2. The number of carbonyl (C=O) groups excluding carboxylic acids is 1. The largest absolute Gasteiger partial charge is 0.478 e. The van der Waals surface area contributed by atoms with Crippen LogP contribution < -0.4 is 0 Å². The highest BCUT2D eigenvalue weighted by atomic mass is 32.2. The number of sulfonamides is 1. The van der Waals surface area contributed by atoms with Crippen molar-refractivity contribution >= 4 is 21.9 Å². The van der Waals surface area contributed by atoms with Gasteiger partial charge in [0.1, 0.15) is 22.0 Å². The minimum atomic E-state index is -4.05. The van der Waals surface area contributed by atoms with Crippen LogP contribution in [-0.2, 0) is 10.0 Å². The predicted octanol–water partition coefficient (Wildman–Crippen LogP) is 1.14. The van der Waals surface area contributed by atoms with Crippen LogP contribution in [0.2, 0.25) is 0 Å². The van der Waals surface area contributed by atoms with Gasteiger partial charge in [0.2, 0.25) is 10.0 Å². The molecule has 0 radical (unpaired) electrons. The second-order valence-corrected chi connectivity index (χ2v) is 8.04. The standard InChI is InChI=1S/C17H19N3O6S/c1-11-14(17(22)23)15(12(2)26-11)27(24,25)20-8-6-19(7-9-20)16(21)13-4-3-5-18-10-13/h3-5,10H,6-9H2,1-2H3,(H,22,23). The number of pyridine rings is 1. The van der Waals surface area contributed by atoms with Gasteiger partial charge in [0.05, 0.1) is 5.56 Å². The van der Waals surface area contributed by atoms with E-state index in [-0.39, 0.29) is 54.1 Å². The number of carboxylic acid groups (broad SMARTS) is 1. The lowest BCUT2D eigenvalue weighted by atomic mass is 10.2. The van der Waals surface area contributed by atoms with Gasteiger partial charge in [0.15, 0.2) is 0 Å². The lowest BCUT2D eigenvalue weighted by Crippen LogP contribution is -2.50. The van der Waals surface area contributed by atoms with Gasteiger partial charge >= 0.3 is 5.97 Å². The van der Waals surface area contributed by atoms with Crippen molar-refractivity contribution in [2.24, 2.45) is 0 Å².